The van der Waals surface area contributed by atoms with E-state index in [1.54, 1.807) is 16.7 Å². The maximum absolute atomic E-state index is 13.5. The number of nitriles is 1. The van der Waals surface area contributed by atoms with Gasteiger partial charge < -0.3 is 0 Å². The van der Waals surface area contributed by atoms with E-state index in [9.17, 15) is 14.9 Å². The van der Waals surface area contributed by atoms with Gasteiger partial charge in [0.1, 0.15) is 5.01 Å². The van der Waals surface area contributed by atoms with E-state index in [-0.39, 0.29) is 23.0 Å². The maximum atomic E-state index is 13.5. The average molecular weight is 475 g/mol. The van der Waals surface area contributed by atoms with Gasteiger partial charge in [-0.05, 0) is 36.6 Å². The van der Waals surface area contributed by atoms with Gasteiger partial charge in [0.05, 0.1) is 28.4 Å². The average Bonchev–Trinajstić information content (AvgIpc) is 3.24. The molecule has 0 saturated heterocycles. The number of aryl methyl sites for hydroxylation is 1. The minimum Gasteiger partial charge on any atom is -0.297 e. The number of thiazole rings is 1. The lowest BCUT2D eigenvalue weighted by atomic mass is 10.0. The molecule has 1 atom stereocenters. The summed E-state index contributed by atoms with van der Waals surface area (Å²) in [7, 11) is 0. The zero-order valence-electron chi connectivity index (χ0n) is 18.5. The lowest BCUT2D eigenvalue weighted by molar-refractivity contribution is -0.116. The molecule has 0 spiro atoms. The Morgan fingerprint density at radius 1 is 1.15 bits per heavy atom. The van der Waals surface area contributed by atoms with E-state index in [4.69, 9.17) is 4.98 Å². The standard InChI is InChI=1S/C25H22N4O2S2/c1-15(2)17-8-5-7-11-21(17)29-24(31)18-9-4-6-10-20(18)28-25(29)33-14-22(30)19(12-26)23-27-16(3)13-32-23/h4-11,13,15,19H,14H2,1-3H3. The lowest BCUT2D eigenvalue weighted by Gasteiger charge is -2.18. The number of benzene rings is 2. The van der Waals surface area contributed by atoms with Gasteiger partial charge in [0.2, 0.25) is 0 Å². The monoisotopic (exact) mass is 474 g/mol. The number of aromatic nitrogens is 3. The van der Waals surface area contributed by atoms with Crippen LogP contribution in [-0.4, -0.2) is 26.1 Å². The number of hydrogen-bond acceptors (Lipinski definition) is 7. The van der Waals surface area contributed by atoms with Crippen molar-refractivity contribution in [2.45, 2.75) is 37.8 Å². The van der Waals surface area contributed by atoms with Crippen LogP contribution in [0.4, 0.5) is 0 Å². The van der Waals surface area contributed by atoms with Gasteiger partial charge in [-0.3, -0.25) is 14.2 Å². The van der Waals surface area contributed by atoms with Crippen molar-refractivity contribution in [3.05, 3.63) is 80.5 Å². The fourth-order valence-electron chi connectivity index (χ4n) is 3.59. The number of Topliss-reactive ketones (excluding diaryl/α,β-unsaturated/α-hetero) is 1. The smallest absolute Gasteiger partial charge is 0.266 e. The number of nitrogens with zero attached hydrogens (tertiary/aromatic N) is 4. The van der Waals surface area contributed by atoms with E-state index < -0.39 is 5.92 Å². The van der Waals surface area contributed by atoms with E-state index in [0.717, 1.165) is 16.9 Å². The summed E-state index contributed by atoms with van der Waals surface area (Å²) in [5.41, 5.74) is 2.93. The molecule has 0 amide bonds. The molecule has 0 aliphatic heterocycles. The first-order valence-corrected chi connectivity index (χ1v) is 12.4. The van der Waals surface area contributed by atoms with Crippen LogP contribution in [0.5, 0.6) is 0 Å². The van der Waals surface area contributed by atoms with Gasteiger partial charge in [0.15, 0.2) is 16.9 Å². The maximum Gasteiger partial charge on any atom is 0.266 e. The van der Waals surface area contributed by atoms with Crippen LogP contribution < -0.4 is 5.56 Å². The molecule has 0 N–H and O–H groups in total. The molecule has 8 heteroatoms. The zero-order valence-corrected chi connectivity index (χ0v) is 20.1. The normalized spacial score (nSPS) is 12.1. The van der Waals surface area contributed by atoms with E-state index >= 15 is 0 Å². The molecule has 0 aliphatic rings. The molecule has 6 nitrogen and oxygen atoms in total. The summed E-state index contributed by atoms with van der Waals surface area (Å²) in [5, 5.41) is 12.8. The van der Waals surface area contributed by atoms with Crippen LogP contribution in [0, 0.1) is 18.3 Å². The molecule has 0 bridgehead atoms. The summed E-state index contributed by atoms with van der Waals surface area (Å²) < 4.78 is 1.59. The molecule has 4 rings (SSSR count). The molecule has 0 aliphatic carbocycles. The Bertz CT molecular complexity index is 1430. The number of rotatable bonds is 7. The van der Waals surface area contributed by atoms with Crippen LogP contribution in [-0.2, 0) is 4.79 Å². The van der Waals surface area contributed by atoms with Gasteiger partial charge in [0, 0.05) is 11.1 Å². The van der Waals surface area contributed by atoms with Crippen molar-refractivity contribution in [1.82, 2.24) is 14.5 Å². The van der Waals surface area contributed by atoms with Crippen molar-refractivity contribution in [3.8, 4) is 11.8 Å². The van der Waals surface area contributed by atoms with Gasteiger partial charge in [-0.15, -0.1) is 11.3 Å². The molecule has 2 aromatic carbocycles. The second kappa shape index (κ2) is 9.69. The third-order valence-corrected chi connectivity index (χ3v) is 7.21. The van der Waals surface area contributed by atoms with Crippen molar-refractivity contribution in [3.63, 3.8) is 0 Å². The van der Waals surface area contributed by atoms with Crippen LogP contribution in [0.2, 0.25) is 0 Å². The minimum atomic E-state index is -0.931. The first-order chi connectivity index (χ1) is 15.9. The van der Waals surface area contributed by atoms with Crippen LogP contribution in [0.1, 0.15) is 41.9 Å². The number of fused-ring (bicyclic) bond motifs is 1. The second-order valence-corrected chi connectivity index (χ2v) is 9.74. The van der Waals surface area contributed by atoms with Gasteiger partial charge in [-0.2, -0.15) is 5.26 Å². The minimum absolute atomic E-state index is 0.00544. The fraction of sp³-hybridized carbons (Fsp3) is 0.240. The summed E-state index contributed by atoms with van der Waals surface area (Å²) in [4.78, 5) is 35.5. The predicted molar refractivity (Wildman–Crippen MR) is 132 cm³/mol. The molecule has 0 fully saturated rings. The Hall–Kier alpha value is -3.28. The van der Waals surface area contributed by atoms with E-state index in [2.05, 4.69) is 24.9 Å². The summed E-state index contributed by atoms with van der Waals surface area (Å²) in [6.07, 6.45) is 0. The molecule has 0 radical (unpaired) electrons. The Kier molecular flexibility index (Phi) is 6.72. The summed E-state index contributed by atoms with van der Waals surface area (Å²) in [6.45, 7) is 5.97. The van der Waals surface area contributed by atoms with E-state index in [1.165, 1.54) is 23.1 Å². The number of para-hydroxylation sites is 2. The molecule has 0 saturated carbocycles. The zero-order chi connectivity index (χ0) is 23.5. The van der Waals surface area contributed by atoms with Crippen LogP contribution in [0.25, 0.3) is 16.6 Å². The highest BCUT2D eigenvalue weighted by Gasteiger charge is 2.25. The first-order valence-electron chi connectivity index (χ1n) is 10.5. The molecular weight excluding hydrogens is 452 g/mol. The summed E-state index contributed by atoms with van der Waals surface area (Å²) in [5.74, 6) is -0.997. The number of ketones is 1. The van der Waals surface area contributed by atoms with E-state index in [0.29, 0.717) is 21.1 Å². The van der Waals surface area contributed by atoms with Crippen molar-refractivity contribution in [2.75, 3.05) is 5.75 Å². The Balaban J connectivity index is 1.78. The van der Waals surface area contributed by atoms with Crippen molar-refractivity contribution < 1.29 is 4.79 Å². The molecule has 166 valence electrons. The third kappa shape index (κ3) is 4.61. The van der Waals surface area contributed by atoms with E-state index in [1.807, 2.05) is 48.7 Å². The molecule has 33 heavy (non-hydrogen) atoms. The molecule has 2 aromatic heterocycles. The number of carbonyl (C=O) groups excluding carboxylic acids is 1. The van der Waals surface area contributed by atoms with Gasteiger partial charge in [-0.1, -0.05) is 55.9 Å². The SMILES string of the molecule is Cc1csc(C(C#N)C(=O)CSc2nc3ccccc3c(=O)n2-c2ccccc2C(C)C)n1. The number of hydrogen-bond donors (Lipinski definition) is 0. The second-order valence-electron chi connectivity index (χ2n) is 7.91. The topological polar surface area (TPSA) is 88.6 Å². The largest absolute Gasteiger partial charge is 0.297 e. The molecular formula is C25H22N4O2S2. The quantitative estimate of drug-likeness (QED) is 0.269. The molecule has 1 unspecified atom stereocenters. The Labute approximate surface area is 199 Å². The highest BCUT2D eigenvalue weighted by atomic mass is 32.2. The Morgan fingerprint density at radius 3 is 2.58 bits per heavy atom. The third-order valence-electron chi connectivity index (χ3n) is 5.22. The molecule has 4 aromatic rings. The van der Waals surface area contributed by atoms with Gasteiger partial charge in [-0.25, -0.2) is 9.97 Å². The fourth-order valence-corrected chi connectivity index (χ4v) is 5.36. The van der Waals surface area contributed by atoms with Gasteiger partial charge >= 0.3 is 0 Å². The highest BCUT2D eigenvalue weighted by molar-refractivity contribution is 7.99. The van der Waals surface area contributed by atoms with Crippen molar-refractivity contribution in [2.24, 2.45) is 0 Å². The summed E-state index contributed by atoms with van der Waals surface area (Å²) in [6, 6.07) is 17.0. The van der Waals surface area contributed by atoms with Crippen LogP contribution in [0.3, 0.4) is 0 Å². The van der Waals surface area contributed by atoms with Crippen molar-refractivity contribution in [1.29, 1.82) is 5.26 Å². The van der Waals surface area contributed by atoms with Crippen LogP contribution in [0.15, 0.2) is 63.9 Å². The Morgan fingerprint density at radius 2 is 1.88 bits per heavy atom. The first kappa shape index (κ1) is 22.9. The lowest BCUT2D eigenvalue weighted by Crippen LogP contribution is -2.24. The number of thioether (sulfide) groups is 1. The van der Waals surface area contributed by atoms with Crippen LogP contribution >= 0.6 is 23.1 Å². The highest BCUT2D eigenvalue weighted by Crippen LogP contribution is 2.29. The predicted octanol–water partition coefficient (Wildman–Crippen LogP) is 5.24. The summed E-state index contributed by atoms with van der Waals surface area (Å²) >= 11 is 2.48. The van der Waals surface area contributed by atoms with Crippen molar-refractivity contribution >= 4 is 39.8 Å². The number of carbonyl (C=O) groups is 1. The van der Waals surface area contributed by atoms with Gasteiger partial charge in [0.25, 0.3) is 5.56 Å². The molecule has 2 heterocycles.